The monoisotopic (exact) mass is 268 g/mol. The highest BCUT2D eigenvalue weighted by molar-refractivity contribution is 6.30. The molecule has 1 fully saturated rings. The smallest absolute Gasteiger partial charge is 0.137 e. The number of nitrogens with one attached hydrogen (secondary N) is 1. The number of nitrogens with zero attached hydrogens (tertiary/aromatic N) is 3. The summed E-state index contributed by atoms with van der Waals surface area (Å²) in [4.78, 5) is 11.1. The molecular formula is C13H21ClN4. The maximum atomic E-state index is 6.15. The lowest BCUT2D eigenvalue weighted by Gasteiger charge is -2.13. The van der Waals surface area contributed by atoms with Gasteiger partial charge in [-0.1, -0.05) is 11.6 Å². The average Bonchev–Trinajstić information content (AvgIpc) is 3.13. The van der Waals surface area contributed by atoms with Crippen molar-refractivity contribution in [3.05, 3.63) is 16.5 Å². The van der Waals surface area contributed by atoms with Gasteiger partial charge in [-0.15, -0.1) is 0 Å². The van der Waals surface area contributed by atoms with E-state index >= 15 is 0 Å². The van der Waals surface area contributed by atoms with Crippen LogP contribution in [0.25, 0.3) is 0 Å². The zero-order chi connectivity index (χ0) is 13.1. The van der Waals surface area contributed by atoms with Crippen LogP contribution in [0.4, 0.5) is 5.82 Å². The number of hydrogen-bond donors (Lipinski definition) is 1. The highest BCUT2D eigenvalue weighted by atomic mass is 35.5. The minimum absolute atomic E-state index is 0.533. The molecule has 18 heavy (non-hydrogen) atoms. The molecule has 1 heterocycles. The largest absolute Gasteiger partial charge is 0.370 e. The third-order valence-electron chi connectivity index (χ3n) is 3.12. The van der Waals surface area contributed by atoms with E-state index in [0.717, 1.165) is 36.7 Å². The van der Waals surface area contributed by atoms with E-state index in [-0.39, 0.29) is 0 Å². The lowest BCUT2D eigenvalue weighted by Crippen LogP contribution is -2.17. The quantitative estimate of drug-likeness (QED) is 0.636. The van der Waals surface area contributed by atoms with Gasteiger partial charge in [-0.2, -0.15) is 0 Å². The Bertz CT molecular complexity index is 416. The fourth-order valence-corrected chi connectivity index (χ4v) is 1.98. The highest BCUT2D eigenvalue weighted by Gasteiger charge is 2.27. The number of rotatable bonds is 6. The second-order valence-corrected chi connectivity index (χ2v) is 5.56. The van der Waals surface area contributed by atoms with Crippen LogP contribution < -0.4 is 5.32 Å². The van der Waals surface area contributed by atoms with Crippen molar-refractivity contribution in [3.63, 3.8) is 0 Å². The van der Waals surface area contributed by atoms with Crippen molar-refractivity contribution in [3.8, 4) is 0 Å². The normalized spacial score (nSPS) is 15.2. The zero-order valence-corrected chi connectivity index (χ0v) is 12.1. The van der Waals surface area contributed by atoms with Crippen LogP contribution in [0.3, 0.4) is 0 Å². The molecule has 0 radical (unpaired) electrons. The summed E-state index contributed by atoms with van der Waals surface area (Å²) in [5, 5.41) is 3.96. The summed E-state index contributed by atoms with van der Waals surface area (Å²) in [6.07, 6.45) is 3.48. The summed E-state index contributed by atoms with van der Waals surface area (Å²) in [5.41, 5.74) is 0.950. The molecule has 0 atom stereocenters. The maximum absolute atomic E-state index is 6.15. The fourth-order valence-electron chi connectivity index (χ4n) is 1.80. The van der Waals surface area contributed by atoms with E-state index in [2.05, 4.69) is 34.3 Å². The molecule has 0 unspecified atom stereocenters. The number of anilines is 1. The molecule has 1 aromatic rings. The molecule has 0 aliphatic heterocycles. The van der Waals surface area contributed by atoms with Gasteiger partial charge in [0, 0.05) is 18.0 Å². The molecule has 4 nitrogen and oxygen atoms in total. The number of aromatic nitrogens is 2. The minimum Gasteiger partial charge on any atom is -0.370 e. The van der Waals surface area contributed by atoms with Gasteiger partial charge >= 0.3 is 0 Å². The third-order valence-corrected chi connectivity index (χ3v) is 3.49. The van der Waals surface area contributed by atoms with Crippen LogP contribution in [0.15, 0.2) is 0 Å². The molecule has 1 saturated carbocycles. The standard InChI is InChI=1S/C13H21ClN4/c1-9-11(14)16-13(10-5-6-10)17-12(9)15-7-4-8-18(2)3/h10H,4-8H2,1-3H3,(H,15,16,17). The summed E-state index contributed by atoms with van der Waals surface area (Å²) >= 11 is 6.15. The lowest BCUT2D eigenvalue weighted by atomic mass is 10.3. The Morgan fingerprint density at radius 1 is 1.33 bits per heavy atom. The summed E-state index contributed by atoms with van der Waals surface area (Å²) in [5.74, 6) is 2.33. The van der Waals surface area contributed by atoms with Crippen molar-refractivity contribution in [2.24, 2.45) is 0 Å². The van der Waals surface area contributed by atoms with Gasteiger partial charge in [0.1, 0.15) is 16.8 Å². The average molecular weight is 269 g/mol. The minimum atomic E-state index is 0.533. The molecule has 0 aromatic carbocycles. The van der Waals surface area contributed by atoms with Gasteiger partial charge in [0.15, 0.2) is 0 Å². The molecule has 5 heteroatoms. The molecule has 1 aromatic heterocycles. The second-order valence-electron chi connectivity index (χ2n) is 5.20. The summed E-state index contributed by atoms with van der Waals surface area (Å²) in [7, 11) is 4.16. The van der Waals surface area contributed by atoms with E-state index in [1.165, 1.54) is 12.8 Å². The van der Waals surface area contributed by atoms with E-state index < -0.39 is 0 Å². The SMILES string of the molecule is Cc1c(Cl)nc(C2CC2)nc1NCCCN(C)C. The van der Waals surface area contributed by atoms with Gasteiger partial charge in [-0.05, 0) is 46.8 Å². The molecule has 0 amide bonds. The van der Waals surface area contributed by atoms with Crippen molar-refractivity contribution in [2.75, 3.05) is 32.5 Å². The Hall–Kier alpha value is -0.870. The van der Waals surface area contributed by atoms with E-state index in [9.17, 15) is 0 Å². The topological polar surface area (TPSA) is 41.1 Å². The first-order valence-electron chi connectivity index (χ1n) is 6.50. The highest BCUT2D eigenvalue weighted by Crippen LogP contribution is 2.39. The molecule has 0 spiro atoms. The lowest BCUT2D eigenvalue weighted by molar-refractivity contribution is 0.405. The van der Waals surface area contributed by atoms with E-state index in [1.807, 2.05) is 6.92 Å². The Morgan fingerprint density at radius 3 is 2.67 bits per heavy atom. The van der Waals surface area contributed by atoms with Crippen LogP contribution >= 0.6 is 11.6 Å². The fraction of sp³-hybridized carbons (Fsp3) is 0.692. The van der Waals surface area contributed by atoms with Crippen LogP contribution in [0, 0.1) is 6.92 Å². The van der Waals surface area contributed by atoms with Crippen LogP contribution in [0.1, 0.15) is 36.6 Å². The summed E-state index contributed by atoms with van der Waals surface area (Å²) in [6, 6.07) is 0. The van der Waals surface area contributed by atoms with Crippen molar-refractivity contribution < 1.29 is 0 Å². The predicted molar refractivity (Wildman–Crippen MR) is 75.4 cm³/mol. The third kappa shape index (κ3) is 3.56. The molecular weight excluding hydrogens is 248 g/mol. The van der Waals surface area contributed by atoms with Crippen LogP contribution in [0.2, 0.25) is 5.15 Å². The van der Waals surface area contributed by atoms with Crippen LogP contribution in [-0.4, -0.2) is 42.1 Å². The Labute approximate surface area is 114 Å². The molecule has 1 N–H and O–H groups in total. The van der Waals surface area contributed by atoms with Crippen molar-refractivity contribution >= 4 is 17.4 Å². The first-order chi connectivity index (χ1) is 8.58. The Morgan fingerprint density at radius 2 is 2.06 bits per heavy atom. The molecule has 0 bridgehead atoms. The molecule has 2 rings (SSSR count). The first kappa shape index (κ1) is 13.6. The van der Waals surface area contributed by atoms with Crippen molar-refractivity contribution in [2.45, 2.75) is 32.1 Å². The van der Waals surface area contributed by atoms with Gasteiger partial charge in [0.05, 0.1) is 0 Å². The van der Waals surface area contributed by atoms with E-state index in [4.69, 9.17) is 11.6 Å². The molecule has 1 aliphatic rings. The summed E-state index contributed by atoms with van der Waals surface area (Å²) < 4.78 is 0. The first-order valence-corrected chi connectivity index (χ1v) is 6.88. The molecule has 100 valence electrons. The van der Waals surface area contributed by atoms with Gasteiger partial charge in [0.2, 0.25) is 0 Å². The van der Waals surface area contributed by atoms with E-state index in [1.54, 1.807) is 0 Å². The molecule has 1 aliphatic carbocycles. The predicted octanol–water partition coefficient (Wildman–Crippen LogP) is 2.68. The maximum Gasteiger partial charge on any atom is 0.137 e. The van der Waals surface area contributed by atoms with Gasteiger partial charge in [0.25, 0.3) is 0 Å². The zero-order valence-electron chi connectivity index (χ0n) is 11.3. The van der Waals surface area contributed by atoms with Crippen molar-refractivity contribution in [1.82, 2.24) is 14.9 Å². The summed E-state index contributed by atoms with van der Waals surface area (Å²) in [6.45, 7) is 3.95. The number of halogens is 1. The van der Waals surface area contributed by atoms with Gasteiger partial charge in [-0.25, -0.2) is 9.97 Å². The second kappa shape index (κ2) is 5.85. The van der Waals surface area contributed by atoms with Gasteiger partial charge in [-0.3, -0.25) is 0 Å². The Kier molecular flexibility index (Phi) is 4.40. The van der Waals surface area contributed by atoms with Crippen LogP contribution in [-0.2, 0) is 0 Å². The van der Waals surface area contributed by atoms with E-state index in [0.29, 0.717) is 11.1 Å². The van der Waals surface area contributed by atoms with Crippen LogP contribution in [0.5, 0.6) is 0 Å². The Balaban J connectivity index is 1.97. The number of hydrogen-bond acceptors (Lipinski definition) is 4. The molecule has 0 saturated heterocycles. The van der Waals surface area contributed by atoms with Crippen molar-refractivity contribution in [1.29, 1.82) is 0 Å². The van der Waals surface area contributed by atoms with Gasteiger partial charge < -0.3 is 10.2 Å².